The van der Waals surface area contributed by atoms with Crippen LogP contribution in [-0.2, 0) is 18.0 Å². The standard InChI is InChI=1S/C14H12Cl3NO/c15-12-6-7-13(16)14(17)11(12)8-18-19-9-10-4-2-1-3-5-10/h1-7,18H,8-9H2. The van der Waals surface area contributed by atoms with Crippen molar-refractivity contribution in [1.82, 2.24) is 5.48 Å². The van der Waals surface area contributed by atoms with Crippen molar-refractivity contribution in [2.45, 2.75) is 13.2 Å². The van der Waals surface area contributed by atoms with Gasteiger partial charge in [0.2, 0.25) is 0 Å². The Kier molecular flexibility index (Phi) is 5.49. The van der Waals surface area contributed by atoms with Gasteiger partial charge in [0, 0.05) is 17.1 Å². The molecule has 0 heterocycles. The van der Waals surface area contributed by atoms with Crippen LogP contribution in [0.3, 0.4) is 0 Å². The molecule has 100 valence electrons. The third kappa shape index (κ3) is 4.10. The largest absolute Gasteiger partial charge is 0.297 e. The van der Waals surface area contributed by atoms with Crippen molar-refractivity contribution < 1.29 is 4.84 Å². The lowest BCUT2D eigenvalue weighted by atomic mass is 10.2. The Morgan fingerprint density at radius 1 is 0.895 bits per heavy atom. The van der Waals surface area contributed by atoms with Crippen LogP contribution in [0.25, 0.3) is 0 Å². The fourth-order valence-electron chi connectivity index (χ4n) is 1.56. The summed E-state index contributed by atoms with van der Waals surface area (Å²) in [6.07, 6.45) is 0. The summed E-state index contributed by atoms with van der Waals surface area (Å²) in [7, 11) is 0. The summed E-state index contributed by atoms with van der Waals surface area (Å²) < 4.78 is 0. The average Bonchev–Trinajstić information content (AvgIpc) is 2.43. The highest BCUT2D eigenvalue weighted by molar-refractivity contribution is 6.44. The van der Waals surface area contributed by atoms with E-state index < -0.39 is 0 Å². The first kappa shape index (κ1) is 14.6. The number of halogens is 3. The van der Waals surface area contributed by atoms with Gasteiger partial charge in [-0.15, -0.1) is 0 Å². The van der Waals surface area contributed by atoms with E-state index in [0.29, 0.717) is 28.2 Å². The Morgan fingerprint density at radius 2 is 1.58 bits per heavy atom. The summed E-state index contributed by atoms with van der Waals surface area (Å²) >= 11 is 18.1. The van der Waals surface area contributed by atoms with Gasteiger partial charge in [-0.2, -0.15) is 5.48 Å². The second-order valence-electron chi connectivity index (χ2n) is 3.92. The van der Waals surface area contributed by atoms with E-state index in [2.05, 4.69) is 5.48 Å². The minimum absolute atomic E-state index is 0.394. The van der Waals surface area contributed by atoms with Gasteiger partial charge in [-0.1, -0.05) is 65.1 Å². The molecule has 0 radical (unpaired) electrons. The van der Waals surface area contributed by atoms with Crippen LogP contribution >= 0.6 is 34.8 Å². The van der Waals surface area contributed by atoms with Crippen molar-refractivity contribution in [2.75, 3.05) is 0 Å². The lowest BCUT2D eigenvalue weighted by molar-refractivity contribution is 0.0235. The highest BCUT2D eigenvalue weighted by Crippen LogP contribution is 2.31. The topological polar surface area (TPSA) is 21.3 Å². The molecule has 0 bridgehead atoms. The van der Waals surface area contributed by atoms with Gasteiger partial charge in [0.15, 0.2) is 0 Å². The number of benzene rings is 2. The molecule has 0 unspecified atom stereocenters. The molecule has 0 aliphatic carbocycles. The molecule has 0 aliphatic rings. The Balaban J connectivity index is 1.88. The molecule has 2 aromatic rings. The van der Waals surface area contributed by atoms with Gasteiger partial charge in [-0.05, 0) is 17.7 Å². The van der Waals surface area contributed by atoms with E-state index in [0.717, 1.165) is 11.1 Å². The number of hydroxylamine groups is 1. The first-order valence-electron chi connectivity index (χ1n) is 5.69. The quantitative estimate of drug-likeness (QED) is 0.483. The van der Waals surface area contributed by atoms with Gasteiger partial charge in [-0.3, -0.25) is 4.84 Å². The Hall–Kier alpha value is -0.770. The lowest BCUT2D eigenvalue weighted by Gasteiger charge is -2.10. The summed E-state index contributed by atoms with van der Waals surface area (Å²) in [5, 5.41) is 1.49. The average molecular weight is 317 g/mol. The molecule has 0 atom stereocenters. The Morgan fingerprint density at radius 3 is 2.32 bits per heavy atom. The molecule has 19 heavy (non-hydrogen) atoms. The van der Waals surface area contributed by atoms with E-state index in [-0.39, 0.29) is 0 Å². The number of hydrogen-bond donors (Lipinski definition) is 1. The monoisotopic (exact) mass is 315 g/mol. The molecule has 2 aromatic carbocycles. The Labute approximate surface area is 127 Å². The normalized spacial score (nSPS) is 10.7. The van der Waals surface area contributed by atoms with Crippen LogP contribution in [-0.4, -0.2) is 0 Å². The minimum atomic E-state index is 0.394. The zero-order valence-corrected chi connectivity index (χ0v) is 12.3. The van der Waals surface area contributed by atoms with E-state index in [4.69, 9.17) is 39.6 Å². The molecule has 0 fully saturated rings. The molecule has 0 aliphatic heterocycles. The van der Waals surface area contributed by atoms with Gasteiger partial charge in [0.05, 0.1) is 16.7 Å². The maximum atomic E-state index is 6.08. The second-order valence-corrected chi connectivity index (χ2v) is 5.11. The molecule has 0 amide bonds. The Bertz CT molecular complexity index is 546. The van der Waals surface area contributed by atoms with Gasteiger partial charge in [-0.25, -0.2) is 0 Å². The molecule has 2 rings (SSSR count). The highest BCUT2D eigenvalue weighted by Gasteiger charge is 2.09. The number of rotatable bonds is 5. The first-order valence-corrected chi connectivity index (χ1v) is 6.83. The van der Waals surface area contributed by atoms with Crippen molar-refractivity contribution in [3.63, 3.8) is 0 Å². The van der Waals surface area contributed by atoms with E-state index in [9.17, 15) is 0 Å². The summed E-state index contributed by atoms with van der Waals surface area (Å²) in [6, 6.07) is 13.2. The van der Waals surface area contributed by atoms with Gasteiger partial charge >= 0.3 is 0 Å². The van der Waals surface area contributed by atoms with Gasteiger partial charge < -0.3 is 0 Å². The molecule has 0 spiro atoms. The summed E-state index contributed by atoms with van der Waals surface area (Å²) in [5.41, 5.74) is 4.64. The van der Waals surface area contributed by atoms with Crippen LogP contribution in [0.2, 0.25) is 15.1 Å². The number of hydrogen-bond acceptors (Lipinski definition) is 2. The maximum absolute atomic E-state index is 6.08. The maximum Gasteiger partial charge on any atom is 0.0933 e. The molecular formula is C14H12Cl3NO. The second kappa shape index (κ2) is 7.13. The third-order valence-corrected chi connectivity index (χ3v) is 3.77. The lowest BCUT2D eigenvalue weighted by Crippen LogP contribution is -2.14. The van der Waals surface area contributed by atoms with E-state index >= 15 is 0 Å². The molecule has 0 saturated carbocycles. The molecule has 2 nitrogen and oxygen atoms in total. The van der Waals surface area contributed by atoms with Crippen molar-refractivity contribution in [2.24, 2.45) is 0 Å². The SMILES string of the molecule is Clc1ccc(Cl)c(CNOCc2ccccc2)c1Cl. The molecule has 1 N–H and O–H groups in total. The molecule has 5 heteroatoms. The highest BCUT2D eigenvalue weighted by atomic mass is 35.5. The van der Waals surface area contributed by atoms with Crippen LogP contribution in [0.5, 0.6) is 0 Å². The van der Waals surface area contributed by atoms with Crippen LogP contribution in [0.1, 0.15) is 11.1 Å². The smallest absolute Gasteiger partial charge is 0.0933 e. The fourth-order valence-corrected chi connectivity index (χ4v) is 2.24. The zero-order valence-electron chi connectivity index (χ0n) is 10.00. The summed E-state index contributed by atoms with van der Waals surface area (Å²) in [5.74, 6) is 0. The zero-order chi connectivity index (χ0) is 13.7. The third-order valence-electron chi connectivity index (χ3n) is 2.57. The van der Waals surface area contributed by atoms with Crippen molar-refractivity contribution in [3.05, 3.63) is 68.7 Å². The first-order chi connectivity index (χ1) is 9.18. The predicted molar refractivity (Wildman–Crippen MR) is 79.5 cm³/mol. The molecule has 0 aromatic heterocycles. The van der Waals surface area contributed by atoms with E-state index in [1.54, 1.807) is 12.1 Å². The minimum Gasteiger partial charge on any atom is -0.297 e. The summed E-state index contributed by atoms with van der Waals surface area (Å²) in [4.78, 5) is 5.36. The molecular weight excluding hydrogens is 305 g/mol. The van der Waals surface area contributed by atoms with Crippen LogP contribution in [0.15, 0.2) is 42.5 Å². The van der Waals surface area contributed by atoms with Gasteiger partial charge in [0.1, 0.15) is 0 Å². The van der Waals surface area contributed by atoms with Crippen molar-refractivity contribution in [1.29, 1.82) is 0 Å². The van der Waals surface area contributed by atoms with Crippen molar-refractivity contribution >= 4 is 34.8 Å². The van der Waals surface area contributed by atoms with E-state index in [1.165, 1.54) is 0 Å². The fraction of sp³-hybridized carbons (Fsp3) is 0.143. The van der Waals surface area contributed by atoms with Gasteiger partial charge in [0.25, 0.3) is 0 Å². The van der Waals surface area contributed by atoms with Crippen LogP contribution in [0, 0.1) is 0 Å². The number of nitrogens with one attached hydrogen (secondary N) is 1. The van der Waals surface area contributed by atoms with Crippen LogP contribution < -0.4 is 5.48 Å². The molecule has 0 saturated heterocycles. The van der Waals surface area contributed by atoms with Crippen molar-refractivity contribution in [3.8, 4) is 0 Å². The summed E-state index contributed by atoms with van der Waals surface area (Å²) in [6.45, 7) is 0.863. The predicted octanol–water partition coefficient (Wildman–Crippen LogP) is 4.87. The van der Waals surface area contributed by atoms with Crippen LogP contribution in [0.4, 0.5) is 0 Å². The van der Waals surface area contributed by atoms with E-state index in [1.807, 2.05) is 30.3 Å².